The number of esters is 1. The van der Waals surface area contributed by atoms with Crippen LogP contribution in [-0.4, -0.2) is 23.8 Å². The molecule has 1 aromatic rings. The molecule has 0 aliphatic carbocycles. The van der Waals surface area contributed by atoms with E-state index in [4.69, 9.17) is 9.84 Å². The Morgan fingerprint density at radius 2 is 2.07 bits per heavy atom. The van der Waals surface area contributed by atoms with E-state index in [9.17, 15) is 4.79 Å². The lowest BCUT2D eigenvalue weighted by molar-refractivity contribution is -0.142. The van der Waals surface area contributed by atoms with Crippen LogP contribution in [0.1, 0.15) is 17.9 Å². The number of ether oxygens (including phenoxy) is 1. The second-order valence-electron chi connectivity index (χ2n) is 3.43. The van der Waals surface area contributed by atoms with Gasteiger partial charge in [0.25, 0.3) is 0 Å². The van der Waals surface area contributed by atoms with Gasteiger partial charge in [0.2, 0.25) is 0 Å². The molecular formula is C11H12O3. The number of hydrogen-bond acceptors (Lipinski definition) is 3. The first-order valence-electron chi connectivity index (χ1n) is 4.66. The molecule has 3 nitrogen and oxygen atoms in total. The van der Waals surface area contributed by atoms with Crippen LogP contribution >= 0.6 is 0 Å². The first-order chi connectivity index (χ1) is 6.81. The number of aliphatic hydroxyl groups excluding tert-OH is 1. The molecule has 0 radical (unpaired) electrons. The van der Waals surface area contributed by atoms with Crippen molar-refractivity contribution in [2.45, 2.75) is 18.4 Å². The quantitative estimate of drug-likeness (QED) is 0.713. The van der Waals surface area contributed by atoms with Crippen LogP contribution in [-0.2, 0) is 9.53 Å². The normalized spacial score (nSPS) is 26.2. The maximum absolute atomic E-state index is 11.1. The summed E-state index contributed by atoms with van der Waals surface area (Å²) in [7, 11) is 0. The third-order valence-corrected chi connectivity index (χ3v) is 2.53. The Balaban J connectivity index is 2.22. The number of aliphatic hydroxyl groups is 1. The van der Waals surface area contributed by atoms with Gasteiger partial charge >= 0.3 is 5.97 Å². The Kier molecular flexibility index (Phi) is 2.50. The third kappa shape index (κ3) is 1.63. The van der Waals surface area contributed by atoms with Gasteiger partial charge in [-0.2, -0.15) is 0 Å². The average Bonchev–Trinajstić information content (AvgIpc) is 2.61. The molecule has 1 fully saturated rings. The molecule has 14 heavy (non-hydrogen) atoms. The van der Waals surface area contributed by atoms with E-state index in [-0.39, 0.29) is 24.6 Å². The molecule has 0 spiro atoms. The molecule has 74 valence electrons. The molecule has 0 aromatic heterocycles. The van der Waals surface area contributed by atoms with Gasteiger partial charge in [-0.05, 0) is 5.56 Å². The number of cyclic esters (lactones) is 1. The minimum absolute atomic E-state index is 0.00806. The van der Waals surface area contributed by atoms with Gasteiger partial charge in [0.05, 0.1) is 13.0 Å². The highest BCUT2D eigenvalue weighted by Gasteiger charge is 2.34. The molecule has 3 heteroatoms. The topological polar surface area (TPSA) is 46.5 Å². The van der Waals surface area contributed by atoms with Crippen molar-refractivity contribution in [2.24, 2.45) is 0 Å². The van der Waals surface area contributed by atoms with Crippen molar-refractivity contribution >= 4 is 5.97 Å². The van der Waals surface area contributed by atoms with Crippen LogP contribution in [0, 0.1) is 0 Å². The lowest BCUT2D eigenvalue weighted by Crippen LogP contribution is -2.18. The third-order valence-electron chi connectivity index (χ3n) is 2.53. The van der Waals surface area contributed by atoms with Crippen molar-refractivity contribution in [2.75, 3.05) is 6.61 Å². The monoisotopic (exact) mass is 192 g/mol. The minimum Gasteiger partial charge on any atom is -0.459 e. The predicted molar refractivity (Wildman–Crippen MR) is 50.8 cm³/mol. The van der Waals surface area contributed by atoms with E-state index in [2.05, 4.69) is 0 Å². The van der Waals surface area contributed by atoms with E-state index in [1.807, 2.05) is 30.3 Å². The van der Waals surface area contributed by atoms with Gasteiger partial charge in [0.15, 0.2) is 0 Å². The molecule has 1 saturated heterocycles. The molecule has 0 saturated carbocycles. The van der Waals surface area contributed by atoms with E-state index in [0.29, 0.717) is 6.42 Å². The SMILES string of the molecule is O=C1CC(c2ccccc2)C(CO)O1. The van der Waals surface area contributed by atoms with Crippen molar-refractivity contribution in [1.82, 2.24) is 0 Å². The summed E-state index contributed by atoms with van der Waals surface area (Å²) in [6.07, 6.45) is -0.000185. The highest BCUT2D eigenvalue weighted by Crippen LogP contribution is 2.31. The number of rotatable bonds is 2. The Morgan fingerprint density at radius 3 is 2.71 bits per heavy atom. The Bertz CT molecular complexity index is 321. The zero-order valence-corrected chi connectivity index (χ0v) is 7.72. The summed E-state index contributed by atoms with van der Waals surface area (Å²) in [6, 6.07) is 9.68. The van der Waals surface area contributed by atoms with E-state index in [1.54, 1.807) is 0 Å². The highest BCUT2D eigenvalue weighted by molar-refractivity contribution is 5.73. The summed E-state index contributed by atoms with van der Waals surface area (Å²) in [5.41, 5.74) is 1.05. The van der Waals surface area contributed by atoms with E-state index in [0.717, 1.165) is 5.56 Å². The molecule has 1 heterocycles. The second-order valence-corrected chi connectivity index (χ2v) is 3.43. The van der Waals surface area contributed by atoms with Crippen LogP contribution in [0.3, 0.4) is 0 Å². The molecule has 2 atom stereocenters. The van der Waals surface area contributed by atoms with Gasteiger partial charge in [0, 0.05) is 5.92 Å². The van der Waals surface area contributed by atoms with Crippen LogP contribution in [0.4, 0.5) is 0 Å². The molecule has 2 unspecified atom stereocenters. The van der Waals surface area contributed by atoms with E-state index < -0.39 is 0 Å². The molecule has 1 aliphatic rings. The van der Waals surface area contributed by atoms with Crippen LogP contribution in [0.15, 0.2) is 30.3 Å². The first-order valence-corrected chi connectivity index (χ1v) is 4.66. The van der Waals surface area contributed by atoms with Crippen molar-refractivity contribution in [3.05, 3.63) is 35.9 Å². The highest BCUT2D eigenvalue weighted by atomic mass is 16.6. The van der Waals surface area contributed by atoms with Gasteiger partial charge in [-0.1, -0.05) is 30.3 Å². The zero-order valence-electron chi connectivity index (χ0n) is 7.72. The maximum Gasteiger partial charge on any atom is 0.306 e. The summed E-state index contributed by atoms with van der Waals surface area (Å²) in [5.74, 6) is -0.216. The number of hydrogen-bond donors (Lipinski definition) is 1. The molecular weight excluding hydrogens is 180 g/mol. The average molecular weight is 192 g/mol. The fourth-order valence-electron chi connectivity index (χ4n) is 1.81. The van der Waals surface area contributed by atoms with Gasteiger partial charge in [-0.15, -0.1) is 0 Å². The van der Waals surface area contributed by atoms with Crippen molar-refractivity contribution in [1.29, 1.82) is 0 Å². The lowest BCUT2D eigenvalue weighted by atomic mass is 9.93. The number of benzene rings is 1. The maximum atomic E-state index is 11.1. The molecule has 1 aromatic carbocycles. The summed E-state index contributed by atoms with van der Waals surface area (Å²) in [6.45, 7) is -0.106. The zero-order chi connectivity index (χ0) is 9.97. The summed E-state index contributed by atoms with van der Waals surface area (Å²) >= 11 is 0. The Morgan fingerprint density at radius 1 is 1.36 bits per heavy atom. The van der Waals surface area contributed by atoms with Crippen LogP contribution in [0.25, 0.3) is 0 Å². The van der Waals surface area contributed by atoms with Gasteiger partial charge < -0.3 is 9.84 Å². The van der Waals surface area contributed by atoms with Gasteiger partial charge in [-0.3, -0.25) is 4.79 Å². The first kappa shape index (κ1) is 9.21. The van der Waals surface area contributed by atoms with Crippen molar-refractivity contribution in [3.8, 4) is 0 Å². The summed E-state index contributed by atoms with van der Waals surface area (Å²) in [4.78, 5) is 11.1. The number of carbonyl (C=O) groups excluding carboxylic acids is 1. The summed E-state index contributed by atoms with van der Waals surface area (Å²) < 4.78 is 4.99. The molecule has 0 amide bonds. The molecule has 1 N–H and O–H groups in total. The predicted octanol–water partition coefficient (Wildman–Crippen LogP) is 1.08. The molecule has 2 rings (SSSR count). The molecule has 0 bridgehead atoms. The fraction of sp³-hybridized carbons (Fsp3) is 0.364. The van der Waals surface area contributed by atoms with Crippen molar-refractivity contribution < 1.29 is 14.6 Å². The lowest BCUT2D eigenvalue weighted by Gasteiger charge is -2.14. The van der Waals surface area contributed by atoms with Crippen LogP contribution in [0.2, 0.25) is 0 Å². The minimum atomic E-state index is -0.370. The Labute approximate surface area is 82.3 Å². The Hall–Kier alpha value is -1.35. The van der Waals surface area contributed by atoms with Gasteiger partial charge in [0.1, 0.15) is 6.10 Å². The summed E-state index contributed by atoms with van der Waals surface area (Å²) in [5, 5.41) is 9.04. The van der Waals surface area contributed by atoms with E-state index >= 15 is 0 Å². The smallest absolute Gasteiger partial charge is 0.306 e. The van der Waals surface area contributed by atoms with Crippen molar-refractivity contribution in [3.63, 3.8) is 0 Å². The number of carbonyl (C=O) groups is 1. The van der Waals surface area contributed by atoms with Gasteiger partial charge in [-0.25, -0.2) is 0 Å². The van der Waals surface area contributed by atoms with Crippen LogP contribution < -0.4 is 0 Å². The van der Waals surface area contributed by atoms with Crippen LogP contribution in [0.5, 0.6) is 0 Å². The second kappa shape index (κ2) is 3.80. The van der Waals surface area contributed by atoms with E-state index in [1.165, 1.54) is 0 Å². The standard InChI is InChI=1S/C11H12O3/c12-7-10-9(6-11(13)14-10)8-4-2-1-3-5-8/h1-5,9-10,12H,6-7H2. The largest absolute Gasteiger partial charge is 0.459 e. The molecule has 1 aliphatic heterocycles. The fourth-order valence-corrected chi connectivity index (χ4v) is 1.81.